The summed E-state index contributed by atoms with van der Waals surface area (Å²) < 4.78 is 66.7. The number of ether oxygens (including phenoxy) is 1. The van der Waals surface area contributed by atoms with Crippen LogP contribution in [0.2, 0.25) is 0 Å². The number of aromatic amines is 1. The van der Waals surface area contributed by atoms with Crippen LogP contribution in [0.4, 0.5) is 27.6 Å². The minimum absolute atomic E-state index is 0.366. The number of pyridine rings is 1. The summed E-state index contributed by atoms with van der Waals surface area (Å²) in [4.78, 5) is 25.4. The molecule has 5 nitrogen and oxygen atoms in total. The summed E-state index contributed by atoms with van der Waals surface area (Å²) in [6, 6.07) is 5.30. The van der Waals surface area contributed by atoms with Crippen LogP contribution in [-0.4, -0.2) is 17.5 Å². The molecule has 0 bridgehead atoms. The Labute approximate surface area is 131 Å². The fraction of sp³-hybridized carbons (Fsp3) is 0.143. The van der Waals surface area contributed by atoms with Gasteiger partial charge in [0.2, 0.25) is 0 Å². The van der Waals surface area contributed by atoms with E-state index >= 15 is 0 Å². The molecule has 0 aliphatic carbocycles. The number of halogens is 5. The van der Waals surface area contributed by atoms with E-state index in [4.69, 9.17) is 0 Å². The molecule has 2 rings (SSSR count). The molecule has 0 aliphatic heterocycles. The average molecular weight is 348 g/mol. The zero-order valence-electron chi connectivity index (χ0n) is 11.7. The highest BCUT2D eigenvalue weighted by molar-refractivity contribution is 6.06. The number of rotatable bonds is 4. The van der Waals surface area contributed by atoms with E-state index in [1.165, 1.54) is 12.1 Å². The summed E-state index contributed by atoms with van der Waals surface area (Å²) in [5.74, 6) is -1.55. The first kappa shape index (κ1) is 17.4. The number of amides is 1. The lowest BCUT2D eigenvalue weighted by Gasteiger charge is -2.11. The maximum absolute atomic E-state index is 12.6. The van der Waals surface area contributed by atoms with Crippen LogP contribution in [0, 0.1) is 0 Å². The molecule has 0 unspecified atom stereocenters. The predicted octanol–water partition coefficient (Wildman–Crippen LogP) is 3.25. The lowest BCUT2D eigenvalue weighted by molar-refractivity contribution is -0.137. The van der Waals surface area contributed by atoms with Crippen molar-refractivity contribution in [1.29, 1.82) is 0 Å². The number of carbonyl (C=O) groups is 1. The molecular weight excluding hydrogens is 339 g/mol. The number of alkyl halides is 5. The molecule has 0 aliphatic rings. The number of carbonyl (C=O) groups excluding carboxylic acids is 1. The third kappa shape index (κ3) is 4.09. The highest BCUT2D eigenvalue weighted by Crippen LogP contribution is 2.29. The van der Waals surface area contributed by atoms with Crippen LogP contribution in [0.3, 0.4) is 0 Å². The van der Waals surface area contributed by atoms with Gasteiger partial charge in [0.05, 0.1) is 11.1 Å². The van der Waals surface area contributed by atoms with Gasteiger partial charge >= 0.3 is 12.8 Å². The lowest BCUT2D eigenvalue weighted by atomic mass is 10.2. The van der Waals surface area contributed by atoms with E-state index in [-0.39, 0.29) is 5.56 Å². The maximum Gasteiger partial charge on any atom is 0.417 e. The highest BCUT2D eigenvalue weighted by atomic mass is 19.4. The quantitative estimate of drug-likeness (QED) is 0.834. The summed E-state index contributed by atoms with van der Waals surface area (Å²) in [5.41, 5.74) is -3.21. The molecule has 0 fully saturated rings. The van der Waals surface area contributed by atoms with Gasteiger partial charge in [-0.1, -0.05) is 12.1 Å². The monoisotopic (exact) mass is 348 g/mol. The normalized spacial score (nSPS) is 11.4. The third-order valence-electron chi connectivity index (χ3n) is 2.83. The zero-order valence-corrected chi connectivity index (χ0v) is 11.7. The first-order chi connectivity index (χ1) is 11.2. The number of para-hydroxylation sites is 1. The van der Waals surface area contributed by atoms with E-state index in [0.717, 1.165) is 12.1 Å². The van der Waals surface area contributed by atoms with Crippen LogP contribution < -0.4 is 15.6 Å². The van der Waals surface area contributed by atoms with Gasteiger partial charge in [0.25, 0.3) is 11.5 Å². The van der Waals surface area contributed by atoms with E-state index in [2.05, 4.69) is 4.74 Å². The fourth-order valence-corrected chi connectivity index (χ4v) is 1.78. The van der Waals surface area contributed by atoms with Gasteiger partial charge in [0, 0.05) is 6.20 Å². The van der Waals surface area contributed by atoms with E-state index in [1.807, 2.05) is 10.3 Å². The van der Waals surface area contributed by atoms with Crippen molar-refractivity contribution in [2.24, 2.45) is 0 Å². The van der Waals surface area contributed by atoms with Crippen LogP contribution >= 0.6 is 0 Å². The lowest BCUT2D eigenvalue weighted by Crippen LogP contribution is -2.22. The number of benzene rings is 1. The van der Waals surface area contributed by atoms with E-state index < -0.39 is 41.3 Å². The Kier molecular flexibility index (Phi) is 4.86. The summed E-state index contributed by atoms with van der Waals surface area (Å²) in [7, 11) is 0. The Hall–Kier alpha value is -2.91. The van der Waals surface area contributed by atoms with Crippen molar-refractivity contribution in [1.82, 2.24) is 4.98 Å². The van der Waals surface area contributed by atoms with E-state index in [1.54, 1.807) is 0 Å². The Morgan fingerprint density at radius 3 is 2.50 bits per heavy atom. The van der Waals surface area contributed by atoms with Crippen molar-refractivity contribution in [2.45, 2.75) is 12.8 Å². The Morgan fingerprint density at radius 1 is 1.21 bits per heavy atom. The van der Waals surface area contributed by atoms with Gasteiger partial charge in [-0.25, -0.2) is 0 Å². The minimum atomic E-state index is -4.74. The molecule has 1 amide bonds. The van der Waals surface area contributed by atoms with E-state index in [9.17, 15) is 31.5 Å². The minimum Gasteiger partial charge on any atom is -0.434 e. The Bertz CT molecular complexity index is 801. The molecule has 1 aromatic heterocycles. The molecule has 0 radical (unpaired) electrons. The SMILES string of the molecule is O=C(Nc1cc(C(F)(F)F)c[nH]c1=O)c1ccccc1OC(F)F. The van der Waals surface area contributed by atoms with Crippen molar-refractivity contribution >= 4 is 11.6 Å². The smallest absolute Gasteiger partial charge is 0.417 e. The van der Waals surface area contributed by atoms with Gasteiger partial charge in [-0.15, -0.1) is 0 Å². The summed E-state index contributed by atoms with van der Waals surface area (Å²) in [6.07, 6.45) is -4.29. The molecule has 0 saturated carbocycles. The van der Waals surface area contributed by atoms with Crippen molar-refractivity contribution < 1.29 is 31.5 Å². The first-order valence-electron chi connectivity index (χ1n) is 6.33. The second-order valence-corrected chi connectivity index (χ2v) is 4.46. The van der Waals surface area contributed by atoms with Crippen molar-refractivity contribution in [3.8, 4) is 5.75 Å². The number of H-pyrrole nitrogens is 1. The molecule has 0 saturated heterocycles. The Morgan fingerprint density at radius 2 is 1.88 bits per heavy atom. The van der Waals surface area contributed by atoms with Gasteiger partial charge in [-0.2, -0.15) is 22.0 Å². The molecule has 10 heteroatoms. The molecule has 2 aromatic rings. The number of anilines is 1. The van der Waals surface area contributed by atoms with Crippen molar-refractivity contribution in [3.63, 3.8) is 0 Å². The average Bonchev–Trinajstić information content (AvgIpc) is 2.48. The molecule has 0 atom stereocenters. The van der Waals surface area contributed by atoms with Gasteiger partial charge in [0.1, 0.15) is 11.4 Å². The van der Waals surface area contributed by atoms with Crippen LogP contribution in [-0.2, 0) is 6.18 Å². The van der Waals surface area contributed by atoms with Gasteiger partial charge in [-0.05, 0) is 18.2 Å². The van der Waals surface area contributed by atoms with E-state index in [0.29, 0.717) is 12.3 Å². The second-order valence-electron chi connectivity index (χ2n) is 4.46. The maximum atomic E-state index is 12.6. The number of aromatic nitrogens is 1. The standard InChI is InChI=1S/C14H9F5N2O3/c15-13(16)24-10-4-2-1-3-8(10)11(22)21-9-5-7(14(17,18)19)6-20-12(9)23/h1-6,13H,(H,20,23)(H,21,22). The van der Waals surface area contributed by atoms with Crippen molar-refractivity contribution in [3.05, 3.63) is 58.0 Å². The zero-order chi connectivity index (χ0) is 17.9. The summed E-state index contributed by atoms with van der Waals surface area (Å²) in [5, 5.41) is 1.95. The van der Waals surface area contributed by atoms with Crippen molar-refractivity contribution in [2.75, 3.05) is 5.32 Å². The second kappa shape index (κ2) is 6.69. The largest absolute Gasteiger partial charge is 0.434 e. The predicted molar refractivity (Wildman–Crippen MR) is 73.1 cm³/mol. The number of hydrogen-bond acceptors (Lipinski definition) is 3. The van der Waals surface area contributed by atoms with Crippen LogP contribution in [0.1, 0.15) is 15.9 Å². The molecule has 2 N–H and O–H groups in total. The fourth-order valence-electron chi connectivity index (χ4n) is 1.78. The molecule has 1 aromatic carbocycles. The van der Waals surface area contributed by atoms with Crippen LogP contribution in [0.5, 0.6) is 5.75 Å². The summed E-state index contributed by atoms with van der Waals surface area (Å²) >= 11 is 0. The molecule has 0 spiro atoms. The van der Waals surface area contributed by atoms with Crippen LogP contribution in [0.15, 0.2) is 41.3 Å². The number of nitrogens with one attached hydrogen (secondary N) is 2. The highest BCUT2D eigenvalue weighted by Gasteiger charge is 2.31. The molecule has 128 valence electrons. The van der Waals surface area contributed by atoms with Gasteiger partial charge in [0.15, 0.2) is 0 Å². The van der Waals surface area contributed by atoms with Gasteiger partial charge < -0.3 is 15.0 Å². The topological polar surface area (TPSA) is 71.2 Å². The first-order valence-corrected chi connectivity index (χ1v) is 6.33. The third-order valence-corrected chi connectivity index (χ3v) is 2.83. The molecule has 24 heavy (non-hydrogen) atoms. The molecular formula is C14H9F5N2O3. The van der Waals surface area contributed by atoms with Gasteiger partial charge in [-0.3, -0.25) is 9.59 Å². The number of hydrogen-bond donors (Lipinski definition) is 2. The summed E-state index contributed by atoms with van der Waals surface area (Å²) in [6.45, 7) is -3.20. The molecule has 1 heterocycles. The Balaban J connectivity index is 2.33. The van der Waals surface area contributed by atoms with Crippen LogP contribution in [0.25, 0.3) is 0 Å².